The van der Waals surface area contributed by atoms with Gasteiger partial charge in [-0.2, -0.15) is 0 Å². The highest BCUT2D eigenvalue weighted by Crippen LogP contribution is 2.19. The second-order valence-corrected chi connectivity index (χ2v) is 6.81. The molecule has 0 spiro atoms. The van der Waals surface area contributed by atoms with Crippen LogP contribution < -0.4 is 0 Å². The van der Waals surface area contributed by atoms with Gasteiger partial charge in [0.15, 0.2) is 0 Å². The summed E-state index contributed by atoms with van der Waals surface area (Å²) in [4.78, 5) is 30.0. The molecule has 1 aromatic heterocycles. The molecule has 0 saturated carbocycles. The lowest BCUT2D eigenvalue weighted by atomic mass is 10.0. The van der Waals surface area contributed by atoms with Gasteiger partial charge in [-0.3, -0.25) is 14.8 Å². The first-order chi connectivity index (χ1) is 12.5. The van der Waals surface area contributed by atoms with E-state index >= 15 is 0 Å². The Labute approximate surface area is 154 Å². The van der Waals surface area contributed by atoms with Crippen molar-refractivity contribution < 1.29 is 19.8 Å². The molecule has 2 aliphatic heterocycles. The van der Waals surface area contributed by atoms with Gasteiger partial charge in [0.1, 0.15) is 0 Å². The maximum atomic E-state index is 9.10. The number of carboxylic acid groups (broad SMARTS) is 2. The summed E-state index contributed by atoms with van der Waals surface area (Å²) in [5.74, 6) is -3.65. The fourth-order valence-electron chi connectivity index (χ4n) is 3.38. The highest BCUT2D eigenvalue weighted by molar-refractivity contribution is 6.27. The Bertz CT molecular complexity index is 556. The van der Waals surface area contributed by atoms with E-state index in [2.05, 4.69) is 38.9 Å². The van der Waals surface area contributed by atoms with Crippen LogP contribution in [0.4, 0.5) is 0 Å². The van der Waals surface area contributed by atoms with Crippen LogP contribution in [0.25, 0.3) is 0 Å². The zero-order chi connectivity index (χ0) is 18.9. The predicted octanol–water partition coefficient (Wildman–Crippen LogP) is 0.449. The molecule has 8 heteroatoms. The van der Waals surface area contributed by atoms with Crippen molar-refractivity contribution in [3.63, 3.8) is 0 Å². The van der Waals surface area contributed by atoms with Gasteiger partial charge in [-0.1, -0.05) is 0 Å². The molecule has 0 unspecified atom stereocenters. The Morgan fingerprint density at radius 2 is 1.54 bits per heavy atom. The molecular weight excluding hydrogens is 336 g/mol. The van der Waals surface area contributed by atoms with Crippen LogP contribution in [0.5, 0.6) is 0 Å². The number of carboxylic acids is 2. The average Bonchev–Trinajstić information content (AvgIpc) is 2.64. The minimum Gasteiger partial charge on any atom is -0.473 e. The third-order valence-electron chi connectivity index (χ3n) is 4.95. The molecule has 3 heterocycles. The number of hydrogen-bond acceptors (Lipinski definition) is 6. The highest BCUT2D eigenvalue weighted by Gasteiger charge is 2.26. The van der Waals surface area contributed by atoms with Gasteiger partial charge in [-0.15, -0.1) is 0 Å². The number of aliphatic carboxylic acids is 2. The molecule has 0 aromatic carbocycles. The van der Waals surface area contributed by atoms with Crippen molar-refractivity contribution in [3.05, 3.63) is 30.1 Å². The predicted molar refractivity (Wildman–Crippen MR) is 96.9 cm³/mol. The third kappa shape index (κ3) is 6.70. The highest BCUT2D eigenvalue weighted by atomic mass is 16.4. The van der Waals surface area contributed by atoms with Gasteiger partial charge in [0.2, 0.25) is 0 Å². The summed E-state index contributed by atoms with van der Waals surface area (Å²) in [7, 11) is 2.23. The summed E-state index contributed by atoms with van der Waals surface area (Å²) in [5.41, 5.74) is 1.39. The van der Waals surface area contributed by atoms with E-state index in [-0.39, 0.29) is 0 Å². The van der Waals surface area contributed by atoms with Crippen molar-refractivity contribution in [3.8, 4) is 0 Å². The number of hydrogen-bond donors (Lipinski definition) is 2. The zero-order valence-corrected chi connectivity index (χ0v) is 15.3. The standard InChI is InChI=1S/C16H26N4.C2H2O4/c1-18-10-12-20(13-11-18)16-4-8-19(9-5-16)14-15-2-6-17-7-3-15;3-1(4)2(5)6/h2-3,6-7,16H,4-5,8-14H2,1H3;(H,3,4)(H,5,6). The first-order valence-corrected chi connectivity index (χ1v) is 8.95. The molecule has 8 nitrogen and oxygen atoms in total. The molecule has 2 N–H and O–H groups in total. The quantitative estimate of drug-likeness (QED) is 0.746. The number of rotatable bonds is 3. The van der Waals surface area contributed by atoms with Crippen LogP contribution in [0.2, 0.25) is 0 Å². The second kappa shape index (κ2) is 10.2. The first-order valence-electron chi connectivity index (χ1n) is 8.95. The minimum absolute atomic E-state index is 0.817. The summed E-state index contributed by atoms with van der Waals surface area (Å²) in [6.45, 7) is 8.53. The SMILES string of the molecule is CN1CCN(C2CCN(Cc3ccncc3)CC2)CC1.O=C(O)C(=O)O. The molecule has 0 radical (unpaired) electrons. The van der Waals surface area contributed by atoms with E-state index in [1.54, 1.807) is 0 Å². The fourth-order valence-corrected chi connectivity index (χ4v) is 3.38. The molecule has 3 rings (SSSR count). The van der Waals surface area contributed by atoms with E-state index < -0.39 is 11.9 Å². The van der Waals surface area contributed by atoms with Gasteiger partial charge in [0.25, 0.3) is 0 Å². The van der Waals surface area contributed by atoms with E-state index in [0.717, 1.165) is 12.6 Å². The molecule has 0 aliphatic carbocycles. The molecule has 2 fully saturated rings. The monoisotopic (exact) mass is 364 g/mol. The third-order valence-corrected chi connectivity index (χ3v) is 4.95. The zero-order valence-electron chi connectivity index (χ0n) is 15.3. The maximum absolute atomic E-state index is 9.10. The largest absolute Gasteiger partial charge is 0.473 e. The molecule has 0 atom stereocenters. The Morgan fingerprint density at radius 3 is 2.04 bits per heavy atom. The number of carbonyl (C=O) groups is 2. The summed E-state index contributed by atoms with van der Waals surface area (Å²) >= 11 is 0. The van der Waals surface area contributed by atoms with E-state index in [0.29, 0.717) is 0 Å². The number of aromatic nitrogens is 1. The van der Waals surface area contributed by atoms with Crippen LogP contribution >= 0.6 is 0 Å². The van der Waals surface area contributed by atoms with Crippen LogP contribution in [-0.4, -0.2) is 94.2 Å². The number of piperazine rings is 1. The van der Waals surface area contributed by atoms with Gasteiger partial charge >= 0.3 is 11.9 Å². The number of nitrogens with zero attached hydrogens (tertiary/aromatic N) is 4. The smallest absolute Gasteiger partial charge is 0.414 e. The van der Waals surface area contributed by atoms with E-state index in [4.69, 9.17) is 19.8 Å². The first kappa shape index (κ1) is 20.3. The van der Waals surface area contributed by atoms with E-state index in [1.807, 2.05) is 12.4 Å². The Morgan fingerprint density at radius 1 is 1.00 bits per heavy atom. The lowest BCUT2D eigenvalue weighted by Crippen LogP contribution is -2.52. The lowest BCUT2D eigenvalue weighted by molar-refractivity contribution is -0.159. The normalized spacial score (nSPS) is 20.2. The summed E-state index contributed by atoms with van der Waals surface area (Å²) in [5, 5.41) is 14.8. The number of likely N-dealkylation sites (tertiary alicyclic amines) is 1. The Kier molecular flexibility index (Phi) is 7.96. The molecule has 2 saturated heterocycles. The van der Waals surface area contributed by atoms with Crippen molar-refractivity contribution >= 4 is 11.9 Å². The molecule has 26 heavy (non-hydrogen) atoms. The number of pyridine rings is 1. The Balaban J connectivity index is 0.000000352. The van der Waals surface area contributed by atoms with Crippen molar-refractivity contribution in [1.82, 2.24) is 19.7 Å². The van der Waals surface area contributed by atoms with Crippen molar-refractivity contribution in [2.24, 2.45) is 0 Å². The molecule has 1 aromatic rings. The van der Waals surface area contributed by atoms with Crippen LogP contribution in [-0.2, 0) is 16.1 Å². The van der Waals surface area contributed by atoms with Crippen LogP contribution in [0.15, 0.2) is 24.5 Å². The fraction of sp³-hybridized carbons (Fsp3) is 0.611. The summed E-state index contributed by atoms with van der Waals surface area (Å²) < 4.78 is 0. The Hall–Kier alpha value is -2.03. The van der Waals surface area contributed by atoms with Crippen LogP contribution in [0.3, 0.4) is 0 Å². The maximum Gasteiger partial charge on any atom is 0.414 e. The molecule has 144 valence electrons. The molecule has 2 aliphatic rings. The van der Waals surface area contributed by atoms with E-state index in [1.165, 1.54) is 57.7 Å². The molecular formula is C18H28N4O4. The second-order valence-electron chi connectivity index (χ2n) is 6.81. The molecule has 0 bridgehead atoms. The summed E-state index contributed by atoms with van der Waals surface area (Å²) in [6, 6.07) is 5.08. The summed E-state index contributed by atoms with van der Waals surface area (Å²) in [6.07, 6.45) is 6.45. The van der Waals surface area contributed by atoms with Gasteiger partial charge in [-0.25, -0.2) is 9.59 Å². The number of likely N-dealkylation sites (N-methyl/N-ethyl adjacent to an activating group) is 1. The van der Waals surface area contributed by atoms with Crippen molar-refractivity contribution in [1.29, 1.82) is 0 Å². The van der Waals surface area contributed by atoms with Gasteiger partial charge in [0, 0.05) is 51.2 Å². The topological polar surface area (TPSA) is 97.2 Å². The lowest BCUT2D eigenvalue weighted by Gasteiger charge is -2.42. The van der Waals surface area contributed by atoms with Gasteiger partial charge in [0.05, 0.1) is 0 Å². The number of piperidine rings is 1. The van der Waals surface area contributed by atoms with Gasteiger partial charge in [-0.05, 0) is 50.7 Å². The van der Waals surface area contributed by atoms with Crippen molar-refractivity contribution in [2.75, 3.05) is 46.3 Å². The van der Waals surface area contributed by atoms with Crippen LogP contribution in [0, 0.1) is 0 Å². The average molecular weight is 364 g/mol. The van der Waals surface area contributed by atoms with Crippen LogP contribution in [0.1, 0.15) is 18.4 Å². The molecule has 0 amide bonds. The van der Waals surface area contributed by atoms with Crippen molar-refractivity contribution in [2.45, 2.75) is 25.4 Å². The minimum atomic E-state index is -1.82. The van der Waals surface area contributed by atoms with Gasteiger partial charge < -0.3 is 15.1 Å². The van der Waals surface area contributed by atoms with E-state index in [9.17, 15) is 0 Å².